The Labute approximate surface area is 180 Å². The van der Waals surface area contributed by atoms with Crippen molar-refractivity contribution >= 4 is 5.91 Å². The maximum absolute atomic E-state index is 12.8. The molecule has 0 aromatic heterocycles. The molecule has 1 spiro atoms. The van der Waals surface area contributed by atoms with Gasteiger partial charge < -0.3 is 14.5 Å². The number of nitrogens with zero attached hydrogens (tertiary/aromatic N) is 2. The van der Waals surface area contributed by atoms with Crippen molar-refractivity contribution in [2.75, 3.05) is 39.8 Å². The first-order chi connectivity index (χ1) is 14.7. The number of methoxy groups -OCH3 is 1. The van der Waals surface area contributed by atoms with Gasteiger partial charge in [-0.05, 0) is 61.9 Å². The van der Waals surface area contributed by atoms with Crippen molar-refractivity contribution in [3.63, 3.8) is 0 Å². The molecule has 2 heterocycles. The molecule has 1 amide bonds. The number of carbonyl (C=O) groups excluding carboxylic acids is 1. The third-order valence-corrected chi connectivity index (χ3v) is 6.88. The van der Waals surface area contributed by atoms with Crippen molar-refractivity contribution in [1.82, 2.24) is 9.80 Å². The van der Waals surface area contributed by atoms with E-state index < -0.39 is 0 Å². The third kappa shape index (κ3) is 5.23. The Morgan fingerprint density at radius 2 is 1.70 bits per heavy atom. The van der Waals surface area contributed by atoms with Crippen LogP contribution >= 0.6 is 0 Å². The van der Waals surface area contributed by atoms with Gasteiger partial charge in [-0.1, -0.05) is 42.5 Å². The van der Waals surface area contributed by atoms with E-state index in [1.54, 1.807) is 7.11 Å². The van der Waals surface area contributed by atoms with Crippen molar-refractivity contribution in [3.05, 3.63) is 65.7 Å². The van der Waals surface area contributed by atoms with E-state index in [9.17, 15) is 4.79 Å². The van der Waals surface area contributed by atoms with Crippen molar-refractivity contribution in [2.45, 2.75) is 38.5 Å². The summed E-state index contributed by atoms with van der Waals surface area (Å²) in [4.78, 5) is 17.6. The first-order valence-corrected chi connectivity index (χ1v) is 11.3. The second-order valence-electron chi connectivity index (χ2n) is 9.03. The van der Waals surface area contributed by atoms with Crippen molar-refractivity contribution in [1.29, 1.82) is 0 Å². The fraction of sp³-hybridized carbons (Fsp3) is 0.500. The van der Waals surface area contributed by atoms with Gasteiger partial charge in [-0.2, -0.15) is 0 Å². The van der Waals surface area contributed by atoms with Crippen molar-refractivity contribution in [3.8, 4) is 5.75 Å². The molecule has 2 aliphatic rings. The van der Waals surface area contributed by atoms with Crippen molar-refractivity contribution in [2.24, 2.45) is 5.41 Å². The largest absolute Gasteiger partial charge is 0.497 e. The SMILES string of the molecule is COc1ccc(CCC(=O)N2CC[C@]3(CCCN(CCc4ccccc4)C3)C2)cc1. The molecule has 0 unspecified atom stereocenters. The molecule has 0 N–H and O–H groups in total. The predicted molar refractivity (Wildman–Crippen MR) is 121 cm³/mol. The van der Waals surface area contributed by atoms with Crippen LogP contribution in [0.15, 0.2) is 54.6 Å². The first-order valence-electron chi connectivity index (χ1n) is 11.3. The van der Waals surface area contributed by atoms with E-state index in [1.807, 2.05) is 12.1 Å². The summed E-state index contributed by atoms with van der Waals surface area (Å²) in [6.07, 6.45) is 6.18. The van der Waals surface area contributed by atoms with Gasteiger partial charge in [0.1, 0.15) is 5.75 Å². The van der Waals surface area contributed by atoms with E-state index >= 15 is 0 Å². The Morgan fingerprint density at radius 1 is 0.933 bits per heavy atom. The Bertz CT molecular complexity index is 821. The van der Waals surface area contributed by atoms with Crippen LogP contribution in [0, 0.1) is 5.41 Å². The number of hydrogen-bond donors (Lipinski definition) is 0. The number of piperidine rings is 1. The van der Waals surface area contributed by atoms with Gasteiger partial charge in [-0.3, -0.25) is 4.79 Å². The molecular weight excluding hydrogens is 372 g/mol. The second kappa shape index (κ2) is 9.65. The monoisotopic (exact) mass is 406 g/mol. The molecule has 0 aliphatic carbocycles. The molecule has 1 atom stereocenters. The van der Waals surface area contributed by atoms with E-state index in [4.69, 9.17) is 4.74 Å². The number of hydrogen-bond acceptors (Lipinski definition) is 3. The molecule has 2 saturated heterocycles. The highest BCUT2D eigenvalue weighted by Gasteiger charge is 2.42. The summed E-state index contributed by atoms with van der Waals surface area (Å²) in [5.41, 5.74) is 2.92. The fourth-order valence-electron chi connectivity index (χ4n) is 5.12. The molecule has 2 aliphatic heterocycles. The van der Waals surface area contributed by atoms with Crippen LogP contribution in [0.2, 0.25) is 0 Å². The van der Waals surface area contributed by atoms with Crippen LogP contribution in [0.4, 0.5) is 0 Å². The second-order valence-corrected chi connectivity index (χ2v) is 9.03. The highest BCUT2D eigenvalue weighted by molar-refractivity contribution is 5.76. The quantitative estimate of drug-likeness (QED) is 0.691. The van der Waals surface area contributed by atoms with Crippen LogP contribution in [-0.4, -0.2) is 55.5 Å². The maximum atomic E-state index is 12.8. The molecule has 4 rings (SSSR count). The van der Waals surface area contributed by atoms with Gasteiger partial charge in [0.05, 0.1) is 7.11 Å². The summed E-state index contributed by atoms with van der Waals surface area (Å²) in [5.74, 6) is 1.17. The third-order valence-electron chi connectivity index (χ3n) is 6.88. The van der Waals surface area contributed by atoms with Gasteiger partial charge >= 0.3 is 0 Å². The summed E-state index contributed by atoms with van der Waals surface area (Å²) < 4.78 is 5.21. The minimum Gasteiger partial charge on any atom is -0.497 e. The molecular formula is C26H34N2O2. The van der Waals surface area contributed by atoms with Crippen LogP contribution in [0.3, 0.4) is 0 Å². The topological polar surface area (TPSA) is 32.8 Å². The predicted octanol–water partition coefficient (Wildman–Crippen LogP) is 4.19. The summed E-state index contributed by atoms with van der Waals surface area (Å²) in [7, 11) is 1.68. The molecule has 2 fully saturated rings. The Hall–Kier alpha value is -2.33. The molecule has 30 heavy (non-hydrogen) atoms. The van der Waals surface area contributed by atoms with E-state index in [1.165, 1.54) is 30.5 Å². The number of carbonyl (C=O) groups is 1. The average Bonchev–Trinajstić information content (AvgIpc) is 3.20. The number of amides is 1. The van der Waals surface area contributed by atoms with E-state index in [0.29, 0.717) is 17.7 Å². The average molecular weight is 407 g/mol. The first kappa shape index (κ1) is 20.9. The van der Waals surface area contributed by atoms with E-state index in [2.05, 4.69) is 52.3 Å². The number of benzene rings is 2. The lowest BCUT2D eigenvalue weighted by Crippen LogP contribution is -2.46. The van der Waals surface area contributed by atoms with E-state index in [0.717, 1.165) is 51.2 Å². The van der Waals surface area contributed by atoms with Crippen LogP contribution < -0.4 is 4.74 Å². The zero-order chi connectivity index (χ0) is 20.8. The zero-order valence-electron chi connectivity index (χ0n) is 18.2. The minimum atomic E-state index is 0.309. The standard InChI is InChI=1S/C26H34N2O2/c1-30-24-11-8-23(9-12-24)10-13-25(29)28-19-16-26(21-28)15-5-17-27(20-26)18-14-22-6-3-2-4-7-22/h2-4,6-9,11-12H,5,10,13-21H2,1H3/t26-/m0/s1. The van der Waals surface area contributed by atoms with Gasteiger partial charge in [0.25, 0.3) is 0 Å². The Balaban J connectivity index is 1.26. The molecule has 4 heteroatoms. The number of rotatable bonds is 7. The van der Waals surface area contributed by atoms with Crippen LogP contribution in [-0.2, 0) is 17.6 Å². The van der Waals surface area contributed by atoms with E-state index in [-0.39, 0.29) is 0 Å². The fourth-order valence-corrected chi connectivity index (χ4v) is 5.12. The highest BCUT2D eigenvalue weighted by atomic mass is 16.5. The normalized spacial score (nSPS) is 21.8. The lowest BCUT2D eigenvalue weighted by Gasteiger charge is -2.40. The summed E-state index contributed by atoms with van der Waals surface area (Å²) in [5, 5.41) is 0. The van der Waals surface area contributed by atoms with Crippen molar-refractivity contribution < 1.29 is 9.53 Å². The van der Waals surface area contributed by atoms with Crippen LogP contribution in [0.25, 0.3) is 0 Å². The molecule has 2 aromatic carbocycles. The lowest BCUT2D eigenvalue weighted by atomic mass is 9.79. The van der Waals surface area contributed by atoms with Gasteiger partial charge in [0.15, 0.2) is 0 Å². The summed E-state index contributed by atoms with van der Waals surface area (Å²) >= 11 is 0. The Kier molecular flexibility index (Phi) is 6.73. The molecule has 4 nitrogen and oxygen atoms in total. The van der Waals surface area contributed by atoms with Gasteiger partial charge in [0, 0.05) is 38.0 Å². The zero-order valence-corrected chi connectivity index (χ0v) is 18.2. The molecule has 0 radical (unpaired) electrons. The highest BCUT2D eigenvalue weighted by Crippen LogP contribution is 2.39. The van der Waals surface area contributed by atoms with Gasteiger partial charge in [0.2, 0.25) is 5.91 Å². The van der Waals surface area contributed by atoms with Crippen LogP contribution in [0.1, 0.15) is 36.8 Å². The summed E-state index contributed by atoms with van der Waals surface area (Å²) in [6, 6.07) is 18.8. The molecule has 160 valence electrons. The minimum absolute atomic E-state index is 0.309. The van der Waals surface area contributed by atoms with Gasteiger partial charge in [-0.15, -0.1) is 0 Å². The molecule has 0 bridgehead atoms. The number of ether oxygens (including phenoxy) is 1. The smallest absolute Gasteiger partial charge is 0.222 e. The molecule has 0 saturated carbocycles. The lowest BCUT2D eigenvalue weighted by molar-refractivity contribution is -0.130. The number of likely N-dealkylation sites (tertiary alicyclic amines) is 2. The van der Waals surface area contributed by atoms with Crippen LogP contribution in [0.5, 0.6) is 5.75 Å². The Morgan fingerprint density at radius 3 is 2.47 bits per heavy atom. The van der Waals surface area contributed by atoms with Gasteiger partial charge in [-0.25, -0.2) is 0 Å². The maximum Gasteiger partial charge on any atom is 0.222 e. The number of aryl methyl sites for hydroxylation is 1. The molecule has 2 aromatic rings. The summed E-state index contributed by atoms with van der Waals surface area (Å²) in [6.45, 7) is 5.32.